The molecule has 0 bridgehead atoms. The average molecular weight is 716 g/mol. The lowest BCUT2D eigenvalue weighted by molar-refractivity contribution is 0.668. The first-order chi connectivity index (χ1) is 27.7. The zero-order valence-electron chi connectivity index (χ0n) is 29.9. The van der Waals surface area contributed by atoms with Crippen LogP contribution in [0, 0.1) is 0 Å². The molecule has 3 aromatic heterocycles. The number of para-hydroxylation sites is 1. The zero-order chi connectivity index (χ0) is 36.7. The fourth-order valence-corrected chi connectivity index (χ4v) is 8.49. The van der Waals surface area contributed by atoms with Crippen molar-refractivity contribution < 1.29 is 8.83 Å². The van der Waals surface area contributed by atoms with Crippen molar-refractivity contribution in [3.05, 3.63) is 176 Å². The highest BCUT2D eigenvalue weighted by atomic mass is 16.3. The minimum absolute atomic E-state index is 0.586. The molecule has 0 aliphatic carbocycles. The fraction of sp³-hybridized carbons (Fsp3) is 0. The van der Waals surface area contributed by atoms with Crippen LogP contribution >= 0.6 is 0 Å². The summed E-state index contributed by atoms with van der Waals surface area (Å²) in [5, 5.41) is 11.6. The standard InChI is InChI=1S/C51H29N3O2/c1-2-11-30(12-3-1)49-52-50(54-51(53-49)41-18-10-20-46-48(41)40-17-8-9-19-44(40)55-46)33-23-26-45-43(28-33)39-25-22-32(29-47(39)56-45)31-21-24-38-36-15-5-4-13-34(36)35-14-6-7-16-37(35)42(38)27-31/h1-29H. The van der Waals surface area contributed by atoms with Crippen LogP contribution in [0.4, 0.5) is 0 Å². The molecule has 0 spiro atoms. The predicted octanol–water partition coefficient (Wildman–Crippen LogP) is 13.8. The van der Waals surface area contributed by atoms with Crippen LogP contribution in [0.3, 0.4) is 0 Å². The topological polar surface area (TPSA) is 65.0 Å². The van der Waals surface area contributed by atoms with Crippen LogP contribution in [0.1, 0.15) is 0 Å². The third-order valence-electron chi connectivity index (χ3n) is 11.1. The Hall–Kier alpha value is -7.63. The molecule has 0 saturated carbocycles. The summed E-state index contributed by atoms with van der Waals surface area (Å²) in [6, 6.07) is 61.1. The highest BCUT2D eigenvalue weighted by Gasteiger charge is 2.19. The Morgan fingerprint density at radius 2 is 0.786 bits per heavy atom. The van der Waals surface area contributed by atoms with Crippen LogP contribution in [0.5, 0.6) is 0 Å². The Balaban J connectivity index is 0.998. The van der Waals surface area contributed by atoms with Crippen molar-refractivity contribution in [2.75, 3.05) is 0 Å². The summed E-state index contributed by atoms with van der Waals surface area (Å²) in [5.41, 5.74) is 8.20. The third kappa shape index (κ3) is 4.71. The fourth-order valence-electron chi connectivity index (χ4n) is 8.49. The molecular formula is C51H29N3O2. The van der Waals surface area contributed by atoms with Gasteiger partial charge in [0.05, 0.1) is 0 Å². The quantitative estimate of drug-likeness (QED) is 0.170. The minimum atomic E-state index is 0.586. The first-order valence-corrected chi connectivity index (χ1v) is 18.8. The van der Waals surface area contributed by atoms with Gasteiger partial charge < -0.3 is 8.83 Å². The molecule has 0 atom stereocenters. The van der Waals surface area contributed by atoms with Crippen molar-refractivity contribution in [3.8, 4) is 45.3 Å². The second-order valence-electron chi connectivity index (χ2n) is 14.3. The van der Waals surface area contributed by atoms with E-state index in [0.717, 1.165) is 71.7 Å². The molecule has 0 aliphatic heterocycles. The van der Waals surface area contributed by atoms with Gasteiger partial charge in [-0.05, 0) is 92.0 Å². The molecule has 12 aromatic rings. The second kappa shape index (κ2) is 11.9. The van der Waals surface area contributed by atoms with E-state index in [4.69, 9.17) is 23.8 Å². The summed E-state index contributed by atoms with van der Waals surface area (Å²) < 4.78 is 12.8. The first-order valence-electron chi connectivity index (χ1n) is 18.8. The molecule has 5 heteroatoms. The Kier molecular flexibility index (Phi) is 6.56. The van der Waals surface area contributed by atoms with Crippen molar-refractivity contribution in [1.29, 1.82) is 0 Å². The molecular weight excluding hydrogens is 687 g/mol. The lowest BCUT2D eigenvalue weighted by Crippen LogP contribution is -2.00. The Morgan fingerprint density at radius 3 is 1.55 bits per heavy atom. The van der Waals surface area contributed by atoms with Crippen molar-refractivity contribution in [2.24, 2.45) is 0 Å². The maximum atomic E-state index is 6.52. The van der Waals surface area contributed by atoms with Gasteiger partial charge in [0.25, 0.3) is 0 Å². The maximum absolute atomic E-state index is 6.52. The molecule has 0 fully saturated rings. The van der Waals surface area contributed by atoms with Gasteiger partial charge in [0.1, 0.15) is 22.3 Å². The number of rotatable bonds is 4. The van der Waals surface area contributed by atoms with E-state index >= 15 is 0 Å². The van der Waals surface area contributed by atoms with Gasteiger partial charge in [0.2, 0.25) is 0 Å². The highest BCUT2D eigenvalue weighted by Crippen LogP contribution is 2.40. The molecule has 0 aliphatic rings. The first kappa shape index (κ1) is 30.8. The maximum Gasteiger partial charge on any atom is 0.164 e. The van der Waals surface area contributed by atoms with Crippen LogP contribution < -0.4 is 0 Å². The average Bonchev–Trinajstić information content (AvgIpc) is 3.84. The normalized spacial score (nSPS) is 11.9. The van der Waals surface area contributed by atoms with Gasteiger partial charge in [-0.2, -0.15) is 0 Å². The highest BCUT2D eigenvalue weighted by molar-refractivity contribution is 6.25. The Labute approximate surface area is 320 Å². The van der Waals surface area contributed by atoms with Crippen molar-refractivity contribution >= 4 is 76.2 Å². The molecule has 0 unspecified atom stereocenters. The van der Waals surface area contributed by atoms with Crippen LogP contribution in [0.2, 0.25) is 0 Å². The number of benzene rings is 9. The van der Waals surface area contributed by atoms with Gasteiger partial charge in [-0.3, -0.25) is 0 Å². The summed E-state index contributed by atoms with van der Waals surface area (Å²) in [7, 11) is 0. The lowest BCUT2D eigenvalue weighted by Gasteiger charge is -2.12. The van der Waals surface area contributed by atoms with E-state index in [1.165, 1.54) is 32.3 Å². The minimum Gasteiger partial charge on any atom is -0.456 e. The summed E-state index contributed by atoms with van der Waals surface area (Å²) in [5.74, 6) is 1.78. The van der Waals surface area contributed by atoms with Gasteiger partial charge >= 0.3 is 0 Å². The van der Waals surface area contributed by atoms with E-state index in [2.05, 4.69) is 103 Å². The molecule has 3 heterocycles. The van der Waals surface area contributed by atoms with Crippen LogP contribution in [-0.2, 0) is 0 Å². The van der Waals surface area contributed by atoms with E-state index in [-0.39, 0.29) is 0 Å². The second-order valence-corrected chi connectivity index (χ2v) is 14.3. The predicted molar refractivity (Wildman–Crippen MR) is 229 cm³/mol. The van der Waals surface area contributed by atoms with Gasteiger partial charge in [-0.25, -0.2) is 15.0 Å². The van der Waals surface area contributed by atoms with E-state index in [9.17, 15) is 0 Å². The smallest absolute Gasteiger partial charge is 0.164 e. The van der Waals surface area contributed by atoms with Crippen molar-refractivity contribution in [2.45, 2.75) is 0 Å². The number of hydrogen-bond acceptors (Lipinski definition) is 5. The summed E-state index contributed by atoms with van der Waals surface area (Å²) >= 11 is 0. The van der Waals surface area contributed by atoms with E-state index < -0.39 is 0 Å². The largest absolute Gasteiger partial charge is 0.456 e. The van der Waals surface area contributed by atoms with Gasteiger partial charge in [0.15, 0.2) is 17.5 Å². The number of nitrogens with zero attached hydrogens (tertiary/aromatic N) is 3. The summed E-state index contributed by atoms with van der Waals surface area (Å²) in [6.07, 6.45) is 0. The van der Waals surface area contributed by atoms with E-state index in [0.29, 0.717) is 17.5 Å². The number of furan rings is 2. The molecule has 5 nitrogen and oxygen atoms in total. The van der Waals surface area contributed by atoms with Gasteiger partial charge in [0, 0.05) is 38.2 Å². The van der Waals surface area contributed by atoms with Crippen LogP contribution in [0.15, 0.2) is 185 Å². The van der Waals surface area contributed by atoms with E-state index in [1.54, 1.807) is 0 Å². The van der Waals surface area contributed by atoms with Crippen molar-refractivity contribution in [3.63, 3.8) is 0 Å². The monoisotopic (exact) mass is 715 g/mol. The van der Waals surface area contributed by atoms with Crippen LogP contribution in [-0.4, -0.2) is 15.0 Å². The molecule has 0 amide bonds. The lowest BCUT2D eigenvalue weighted by atomic mass is 9.92. The molecule has 0 saturated heterocycles. The van der Waals surface area contributed by atoms with Gasteiger partial charge in [-0.15, -0.1) is 0 Å². The molecule has 0 N–H and O–H groups in total. The van der Waals surface area contributed by atoms with Crippen molar-refractivity contribution in [1.82, 2.24) is 15.0 Å². The summed E-state index contributed by atoms with van der Waals surface area (Å²) in [4.78, 5) is 15.2. The number of fused-ring (bicyclic) bond motifs is 12. The Morgan fingerprint density at radius 1 is 0.268 bits per heavy atom. The number of aromatic nitrogens is 3. The molecule has 12 rings (SSSR count). The summed E-state index contributed by atoms with van der Waals surface area (Å²) in [6.45, 7) is 0. The molecule has 56 heavy (non-hydrogen) atoms. The molecule has 0 radical (unpaired) electrons. The zero-order valence-corrected chi connectivity index (χ0v) is 29.9. The molecule has 260 valence electrons. The van der Waals surface area contributed by atoms with Gasteiger partial charge in [-0.1, -0.05) is 127 Å². The Bertz CT molecular complexity index is 3510. The third-order valence-corrected chi connectivity index (χ3v) is 11.1. The van der Waals surface area contributed by atoms with Crippen LogP contribution in [0.25, 0.3) is 121 Å². The van der Waals surface area contributed by atoms with E-state index in [1.807, 2.05) is 72.8 Å². The number of hydrogen-bond donors (Lipinski definition) is 0. The molecule has 9 aromatic carbocycles. The SMILES string of the molecule is c1ccc(-c2nc(-c3ccc4oc5cc(-c6ccc7c8ccccc8c8ccccc8c7c6)ccc5c4c3)nc(-c3cccc4oc5ccccc5c34)n2)cc1.